The van der Waals surface area contributed by atoms with Crippen molar-refractivity contribution < 1.29 is 4.74 Å². The average molecular weight is 269 g/mol. The summed E-state index contributed by atoms with van der Waals surface area (Å²) < 4.78 is 5.29. The molecule has 1 heterocycles. The lowest BCUT2D eigenvalue weighted by Gasteiger charge is -2.12. The first-order chi connectivity index (χ1) is 9.68. The first-order valence-electron chi connectivity index (χ1n) is 6.87. The summed E-state index contributed by atoms with van der Waals surface area (Å²) in [6.07, 6.45) is 4.01. The Morgan fingerprint density at radius 2 is 2.10 bits per heavy atom. The number of nitrogens with zero attached hydrogens (tertiary/aromatic N) is 2. The molecule has 1 aliphatic carbocycles. The topological polar surface area (TPSA) is 61.0 Å². The van der Waals surface area contributed by atoms with E-state index in [9.17, 15) is 0 Å². The van der Waals surface area contributed by atoms with Gasteiger partial charge in [-0.2, -0.15) is 0 Å². The molecule has 0 unspecified atom stereocenters. The average Bonchev–Trinajstić information content (AvgIpc) is 3.28. The molecule has 4 heteroatoms. The van der Waals surface area contributed by atoms with Gasteiger partial charge >= 0.3 is 0 Å². The molecule has 0 amide bonds. The Hall–Kier alpha value is -1.94. The van der Waals surface area contributed by atoms with Crippen molar-refractivity contribution in [2.24, 2.45) is 5.73 Å². The summed E-state index contributed by atoms with van der Waals surface area (Å²) in [5.74, 6) is 1.77. The zero-order valence-electron chi connectivity index (χ0n) is 11.9. The molecule has 104 valence electrons. The standard InChI is InChI=1S/C16H19N3O/c1-11-9-12(3-4-14(11)20-2)13-5-8-18-15(19-13)16(10-17)6-7-16/h3-5,8-9H,6-7,10,17H2,1-2H3. The van der Waals surface area contributed by atoms with Crippen molar-refractivity contribution in [3.05, 3.63) is 41.9 Å². The maximum atomic E-state index is 5.86. The molecular weight excluding hydrogens is 250 g/mol. The fourth-order valence-electron chi connectivity index (χ4n) is 2.48. The first kappa shape index (κ1) is 13.1. The third-order valence-corrected chi connectivity index (χ3v) is 4.06. The molecule has 1 saturated carbocycles. The third kappa shape index (κ3) is 2.16. The van der Waals surface area contributed by atoms with Crippen molar-refractivity contribution in [2.75, 3.05) is 13.7 Å². The number of hydrogen-bond donors (Lipinski definition) is 1. The summed E-state index contributed by atoms with van der Waals surface area (Å²) in [5.41, 5.74) is 9.01. The number of aryl methyl sites for hydroxylation is 1. The predicted molar refractivity (Wildman–Crippen MR) is 78.7 cm³/mol. The van der Waals surface area contributed by atoms with Gasteiger partial charge in [0.15, 0.2) is 0 Å². The Labute approximate surface area is 119 Å². The molecule has 0 aliphatic heterocycles. The first-order valence-corrected chi connectivity index (χ1v) is 6.87. The van der Waals surface area contributed by atoms with Crippen LogP contribution in [-0.2, 0) is 5.41 Å². The minimum atomic E-state index is 0.0253. The van der Waals surface area contributed by atoms with Crippen LogP contribution < -0.4 is 10.5 Å². The molecule has 1 aromatic carbocycles. The summed E-state index contributed by atoms with van der Waals surface area (Å²) in [5, 5.41) is 0. The number of methoxy groups -OCH3 is 1. The molecule has 0 spiro atoms. The summed E-state index contributed by atoms with van der Waals surface area (Å²) >= 11 is 0. The highest BCUT2D eigenvalue weighted by atomic mass is 16.5. The summed E-state index contributed by atoms with van der Waals surface area (Å²) in [4.78, 5) is 9.12. The molecule has 4 nitrogen and oxygen atoms in total. The Morgan fingerprint density at radius 1 is 1.30 bits per heavy atom. The molecule has 1 aromatic heterocycles. The van der Waals surface area contributed by atoms with Gasteiger partial charge in [-0.05, 0) is 49.6 Å². The highest BCUT2D eigenvalue weighted by Gasteiger charge is 2.45. The number of rotatable bonds is 4. The van der Waals surface area contributed by atoms with Gasteiger partial charge in [-0.25, -0.2) is 9.97 Å². The van der Waals surface area contributed by atoms with Crippen molar-refractivity contribution in [3.8, 4) is 17.0 Å². The second kappa shape index (κ2) is 4.87. The van der Waals surface area contributed by atoms with Gasteiger partial charge in [-0.3, -0.25) is 0 Å². The highest BCUT2D eigenvalue weighted by Crippen LogP contribution is 2.45. The van der Waals surface area contributed by atoms with Crippen LogP contribution in [0.1, 0.15) is 24.2 Å². The molecule has 20 heavy (non-hydrogen) atoms. The van der Waals surface area contributed by atoms with E-state index in [0.29, 0.717) is 6.54 Å². The Balaban J connectivity index is 1.98. The molecule has 1 fully saturated rings. The van der Waals surface area contributed by atoms with Crippen molar-refractivity contribution in [3.63, 3.8) is 0 Å². The number of aromatic nitrogens is 2. The van der Waals surface area contributed by atoms with E-state index in [-0.39, 0.29) is 5.41 Å². The lowest BCUT2D eigenvalue weighted by atomic mass is 10.0. The smallest absolute Gasteiger partial charge is 0.136 e. The van der Waals surface area contributed by atoms with E-state index in [0.717, 1.165) is 41.2 Å². The zero-order chi connectivity index (χ0) is 14.2. The van der Waals surface area contributed by atoms with Crippen LogP contribution in [0.15, 0.2) is 30.5 Å². The van der Waals surface area contributed by atoms with Crippen molar-refractivity contribution >= 4 is 0 Å². The quantitative estimate of drug-likeness (QED) is 0.926. The van der Waals surface area contributed by atoms with Gasteiger partial charge in [0, 0.05) is 23.7 Å². The molecule has 0 atom stereocenters. The monoisotopic (exact) mass is 269 g/mol. The van der Waals surface area contributed by atoms with E-state index in [2.05, 4.69) is 11.1 Å². The van der Waals surface area contributed by atoms with Crippen LogP contribution in [0.5, 0.6) is 5.75 Å². The van der Waals surface area contributed by atoms with Crippen molar-refractivity contribution in [1.29, 1.82) is 0 Å². The van der Waals surface area contributed by atoms with Gasteiger partial charge in [0.05, 0.1) is 12.8 Å². The van der Waals surface area contributed by atoms with E-state index >= 15 is 0 Å². The van der Waals surface area contributed by atoms with Gasteiger partial charge < -0.3 is 10.5 Å². The Bertz CT molecular complexity index is 635. The maximum absolute atomic E-state index is 5.86. The fraction of sp³-hybridized carbons (Fsp3) is 0.375. The molecular formula is C16H19N3O. The zero-order valence-corrected chi connectivity index (χ0v) is 11.9. The van der Waals surface area contributed by atoms with Gasteiger partial charge in [-0.1, -0.05) is 0 Å². The molecule has 0 saturated heterocycles. The second-order valence-corrected chi connectivity index (χ2v) is 5.43. The largest absolute Gasteiger partial charge is 0.496 e. The third-order valence-electron chi connectivity index (χ3n) is 4.06. The van der Waals surface area contributed by atoms with Crippen molar-refractivity contribution in [1.82, 2.24) is 9.97 Å². The van der Waals surface area contributed by atoms with Gasteiger partial charge in [0.1, 0.15) is 11.6 Å². The van der Waals surface area contributed by atoms with Gasteiger partial charge in [-0.15, -0.1) is 0 Å². The van der Waals surface area contributed by atoms with E-state index in [1.165, 1.54) is 0 Å². The van der Waals surface area contributed by atoms with E-state index < -0.39 is 0 Å². The predicted octanol–water partition coefficient (Wildman–Crippen LogP) is 2.45. The minimum Gasteiger partial charge on any atom is -0.496 e. The Morgan fingerprint density at radius 3 is 2.70 bits per heavy atom. The number of ether oxygens (including phenoxy) is 1. The highest BCUT2D eigenvalue weighted by molar-refractivity contribution is 5.61. The van der Waals surface area contributed by atoms with E-state index in [1.807, 2.05) is 31.3 Å². The summed E-state index contributed by atoms with van der Waals surface area (Å²) in [6, 6.07) is 8.03. The molecule has 0 bridgehead atoms. The van der Waals surface area contributed by atoms with Crippen LogP contribution in [0.3, 0.4) is 0 Å². The maximum Gasteiger partial charge on any atom is 0.136 e. The SMILES string of the molecule is COc1ccc(-c2ccnc(C3(CN)CC3)n2)cc1C. The van der Waals surface area contributed by atoms with Crippen molar-refractivity contribution in [2.45, 2.75) is 25.2 Å². The van der Waals surface area contributed by atoms with Crippen LogP contribution >= 0.6 is 0 Å². The second-order valence-electron chi connectivity index (χ2n) is 5.43. The lowest BCUT2D eigenvalue weighted by Crippen LogP contribution is -2.22. The van der Waals surface area contributed by atoms with Crippen LogP contribution in [0.2, 0.25) is 0 Å². The van der Waals surface area contributed by atoms with E-state index in [4.69, 9.17) is 15.5 Å². The van der Waals surface area contributed by atoms with Gasteiger partial charge in [0.2, 0.25) is 0 Å². The number of nitrogens with two attached hydrogens (primary N) is 1. The van der Waals surface area contributed by atoms with Crippen LogP contribution in [-0.4, -0.2) is 23.6 Å². The molecule has 2 N–H and O–H groups in total. The van der Waals surface area contributed by atoms with Gasteiger partial charge in [0.25, 0.3) is 0 Å². The lowest BCUT2D eigenvalue weighted by molar-refractivity contribution is 0.412. The van der Waals surface area contributed by atoms with Crippen LogP contribution in [0.25, 0.3) is 11.3 Å². The molecule has 1 aliphatic rings. The summed E-state index contributed by atoms with van der Waals surface area (Å²) in [6.45, 7) is 2.66. The van der Waals surface area contributed by atoms with E-state index in [1.54, 1.807) is 7.11 Å². The minimum absolute atomic E-state index is 0.0253. The molecule has 3 rings (SSSR count). The Kier molecular flexibility index (Phi) is 3.18. The molecule has 2 aromatic rings. The molecule has 0 radical (unpaired) electrons. The fourth-order valence-corrected chi connectivity index (χ4v) is 2.48. The normalized spacial score (nSPS) is 15.9. The van der Waals surface area contributed by atoms with Crippen LogP contribution in [0.4, 0.5) is 0 Å². The number of benzene rings is 1. The number of hydrogen-bond acceptors (Lipinski definition) is 4. The summed E-state index contributed by atoms with van der Waals surface area (Å²) in [7, 11) is 1.68. The van der Waals surface area contributed by atoms with Crippen LogP contribution in [0, 0.1) is 6.92 Å².